The van der Waals surface area contributed by atoms with Gasteiger partial charge >= 0.3 is 12.0 Å². The van der Waals surface area contributed by atoms with Crippen LogP contribution in [0.2, 0.25) is 0 Å². The van der Waals surface area contributed by atoms with E-state index in [2.05, 4.69) is 10.6 Å². The number of methoxy groups -OCH3 is 1. The first-order valence-electron chi connectivity index (χ1n) is 6.45. The molecule has 114 valence electrons. The fraction of sp³-hybridized carbons (Fsp3) is 0.750. The van der Waals surface area contributed by atoms with Gasteiger partial charge in [0, 0.05) is 39.7 Å². The maximum atomic E-state index is 11.7. The standard InChI is InChI=1S/C12H21N3O5/c1-15-7-8(3-4-10(15)16)14-12(19)13-6-9(20-2)5-11(17)18/h8-9H,3-7H2,1-2H3,(H,17,18)(H2,13,14,19). The normalized spacial score (nSPS) is 20.4. The first kappa shape index (κ1) is 16.2. The number of carboxylic acids is 1. The lowest BCUT2D eigenvalue weighted by Gasteiger charge is -2.30. The number of carboxylic acid groups (broad SMARTS) is 1. The molecule has 1 saturated heterocycles. The summed E-state index contributed by atoms with van der Waals surface area (Å²) in [5, 5.41) is 14.0. The molecular weight excluding hydrogens is 266 g/mol. The van der Waals surface area contributed by atoms with Gasteiger partial charge in [-0.25, -0.2) is 4.79 Å². The third kappa shape index (κ3) is 5.43. The van der Waals surface area contributed by atoms with Crippen LogP contribution in [0.3, 0.4) is 0 Å². The van der Waals surface area contributed by atoms with E-state index in [1.54, 1.807) is 11.9 Å². The summed E-state index contributed by atoms with van der Waals surface area (Å²) < 4.78 is 4.96. The Bertz CT molecular complexity index is 374. The smallest absolute Gasteiger partial charge is 0.315 e. The van der Waals surface area contributed by atoms with Gasteiger partial charge in [-0.05, 0) is 6.42 Å². The molecule has 0 spiro atoms. The van der Waals surface area contributed by atoms with E-state index >= 15 is 0 Å². The fourth-order valence-corrected chi connectivity index (χ4v) is 2.01. The number of rotatable bonds is 6. The van der Waals surface area contributed by atoms with Gasteiger partial charge in [0.05, 0.1) is 12.5 Å². The topological polar surface area (TPSA) is 108 Å². The second-order valence-electron chi connectivity index (χ2n) is 4.82. The minimum absolute atomic E-state index is 0.0735. The SMILES string of the molecule is COC(CNC(=O)NC1CCC(=O)N(C)C1)CC(=O)O. The first-order valence-corrected chi connectivity index (χ1v) is 6.45. The quantitative estimate of drug-likeness (QED) is 0.604. The van der Waals surface area contributed by atoms with Gasteiger partial charge in [-0.1, -0.05) is 0 Å². The third-order valence-electron chi connectivity index (χ3n) is 3.19. The van der Waals surface area contributed by atoms with Crippen molar-refractivity contribution in [3.63, 3.8) is 0 Å². The first-order chi connectivity index (χ1) is 9.42. The van der Waals surface area contributed by atoms with Crippen molar-refractivity contribution in [1.29, 1.82) is 0 Å². The number of carbonyl (C=O) groups is 3. The van der Waals surface area contributed by atoms with Crippen LogP contribution in [-0.4, -0.2) is 67.3 Å². The summed E-state index contributed by atoms with van der Waals surface area (Å²) in [5.74, 6) is -0.907. The van der Waals surface area contributed by atoms with Gasteiger partial charge in [-0.15, -0.1) is 0 Å². The number of aliphatic carboxylic acids is 1. The molecule has 0 bridgehead atoms. The zero-order chi connectivity index (χ0) is 15.1. The average molecular weight is 287 g/mol. The molecule has 3 N–H and O–H groups in total. The maximum absolute atomic E-state index is 11.7. The Balaban J connectivity index is 2.29. The van der Waals surface area contributed by atoms with Gasteiger partial charge in [0.25, 0.3) is 0 Å². The summed E-state index contributed by atoms with van der Waals surface area (Å²) in [4.78, 5) is 35.1. The molecular formula is C12H21N3O5. The largest absolute Gasteiger partial charge is 0.481 e. The molecule has 0 aromatic heterocycles. The van der Waals surface area contributed by atoms with Crippen LogP contribution in [0.15, 0.2) is 0 Å². The van der Waals surface area contributed by atoms with Crippen molar-refractivity contribution < 1.29 is 24.2 Å². The highest BCUT2D eigenvalue weighted by Crippen LogP contribution is 2.09. The Labute approximate surface area is 117 Å². The van der Waals surface area contributed by atoms with E-state index in [9.17, 15) is 14.4 Å². The summed E-state index contributed by atoms with van der Waals surface area (Å²) in [5.41, 5.74) is 0. The van der Waals surface area contributed by atoms with E-state index in [-0.39, 0.29) is 30.9 Å². The predicted octanol–water partition coefficient (Wildman–Crippen LogP) is -0.604. The van der Waals surface area contributed by atoms with Gasteiger partial charge in [-0.3, -0.25) is 9.59 Å². The lowest BCUT2D eigenvalue weighted by Crippen LogP contribution is -2.52. The van der Waals surface area contributed by atoms with Crippen molar-refractivity contribution in [3.05, 3.63) is 0 Å². The number of hydrogen-bond acceptors (Lipinski definition) is 4. The van der Waals surface area contributed by atoms with Gasteiger partial charge in [0.15, 0.2) is 0 Å². The van der Waals surface area contributed by atoms with Crippen LogP contribution in [0.5, 0.6) is 0 Å². The number of amides is 3. The molecule has 8 nitrogen and oxygen atoms in total. The van der Waals surface area contributed by atoms with Crippen LogP contribution in [-0.2, 0) is 14.3 Å². The van der Waals surface area contributed by atoms with E-state index in [4.69, 9.17) is 9.84 Å². The van der Waals surface area contributed by atoms with Crippen molar-refractivity contribution in [2.45, 2.75) is 31.4 Å². The molecule has 8 heteroatoms. The minimum atomic E-state index is -0.980. The number of nitrogens with one attached hydrogen (secondary N) is 2. The summed E-state index contributed by atoms with van der Waals surface area (Å²) >= 11 is 0. The number of carbonyl (C=O) groups excluding carboxylic acids is 2. The zero-order valence-electron chi connectivity index (χ0n) is 11.7. The number of likely N-dealkylation sites (N-methyl/N-ethyl adjacent to an activating group) is 1. The molecule has 0 aromatic rings. The number of likely N-dealkylation sites (tertiary alicyclic amines) is 1. The Kier molecular flexibility index (Phi) is 6.23. The summed E-state index contributed by atoms with van der Waals surface area (Å²) in [6, 6.07) is -0.469. The average Bonchev–Trinajstić information content (AvgIpc) is 2.38. The van der Waals surface area contributed by atoms with Crippen LogP contribution in [0, 0.1) is 0 Å². The van der Waals surface area contributed by atoms with Crippen molar-refractivity contribution in [1.82, 2.24) is 15.5 Å². The maximum Gasteiger partial charge on any atom is 0.315 e. The highest BCUT2D eigenvalue weighted by molar-refractivity contribution is 5.78. The van der Waals surface area contributed by atoms with Crippen LogP contribution in [0.1, 0.15) is 19.3 Å². The second-order valence-corrected chi connectivity index (χ2v) is 4.82. The molecule has 1 aliphatic rings. The number of hydrogen-bond donors (Lipinski definition) is 3. The molecule has 0 aliphatic carbocycles. The predicted molar refractivity (Wildman–Crippen MR) is 70.2 cm³/mol. The molecule has 20 heavy (non-hydrogen) atoms. The molecule has 0 saturated carbocycles. The van der Waals surface area contributed by atoms with Gasteiger partial charge < -0.3 is 25.4 Å². The molecule has 1 aliphatic heterocycles. The lowest BCUT2D eigenvalue weighted by molar-refractivity contribution is -0.139. The summed E-state index contributed by atoms with van der Waals surface area (Å²) in [6.45, 7) is 0.602. The Hall–Kier alpha value is -1.83. The minimum Gasteiger partial charge on any atom is -0.481 e. The number of ether oxygens (including phenoxy) is 1. The second kappa shape index (κ2) is 7.68. The van der Waals surface area contributed by atoms with Crippen LogP contribution >= 0.6 is 0 Å². The Morgan fingerprint density at radius 1 is 1.55 bits per heavy atom. The van der Waals surface area contributed by atoms with Crippen molar-refractivity contribution in [3.8, 4) is 0 Å². The van der Waals surface area contributed by atoms with Gasteiger partial charge in [-0.2, -0.15) is 0 Å². The Morgan fingerprint density at radius 2 is 2.25 bits per heavy atom. The van der Waals surface area contributed by atoms with Crippen LogP contribution in [0.4, 0.5) is 4.79 Å². The number of piperidine rings is 1. The van der Waals surface area contributed by atoms with Crippen molar-refractivity contribution in [2.75, 3.05) is 27.2 Å². The molecule has 2 atom stereocenters. The molecule has 1 heterocycles. The fourth-order valence-electron chi connectivity index (χ4n) is 2.01. The van der Waals surface area contributed by atoms with Crippen molar-refractivity contribution >= 4 is 17.9 Å². The van der Waals surface area contributed by atoms with Crippen molar-refractivity contribution in [2.24, 2.45) is 0 Å². The molecule has 1 rings (SSSR count). The highest BCUT2D eigenvalue weighted by Gasteiger charge is 2.24. The number of urea groups is 1. The van der Waals surface area contributed by atoms with Crippen LogP contribution in [0.25, 0.3) is 0 Å². The van der Waals surface area contributed by atoms with E-state index in [0.717, 1.165) is 0 Å². The molecule has 0 aromatic carbocycles. The molecule has 3 amide bonds. The lowest BCUT2D eigenvalue weighted by atomic mass is 10.1. The monoisotopic (exact) mass is 287 g/mol. The Morgan fingerprint density at radius 3 is 2.80 bits per heavy atom. The number of nitrogens with zero attached hydrogens (tertiary/aromatic N) is 1. The highest BCUT2D eigenvalue weighted by atomic mass is 16.5. The summed E-state index contributed by atoms with van der Waals surface area (Å²) in [7, 11) is 3.09. The van der Waals surface area contributed by atoms with Gasteiger partial charge in [0.2, 0.25) is 5.91 Å². The molecule has 1 fully saturated rings. The summed E-state index contributed by atoms with van der Waals surface area (Å²) in [6.07, 6.45) is 0.298. The zero-order valence-corrected chi connectivity index (χ0v) is 11.7. The van der Waals surface area contributed by atoms with E-state index in [1.807, 2.05) is 0 Å². The molecule has 2 unspecified atom stereocenters. The van der Waals surface area contributed by atoms with Gasteiger partial charge in [0.1, 0.15) is 0 Å². The third-order valence-corrected chi connectivity index (χ3v) is 3.19. The van der Waals surface area contributed by atoms with E-state index < -0.39 is 12.1 Å². The van der Waals surface area contributed by atoms with E-state index in [1.165, 1.54) is 7.11 Å². The van der Waals surface area contributed by atoms with Crippen LogP contribution < -0.4 is 10.6 Å². The molecule has 0 radical (unpaired) electrons. The van der Waals surface area contributed by atoms with E-state index in [0.29, 0.717) is 19.4 Å².